The van der Waals surface area contributed by atoms with Crippen LogP contribution in [0, 0.1) is 0 Å². The first kappa shape index (κ1) is 27.3. The molecule has 0 radical (unpaired) electrons. The summed E-state index contributed by atoms with van der Waals surface area (Å²) in [5, 5.41) is -0.0791. The molecule has 1 atom stereocenters. The molecule has 2 nitrogen and oxygen atoms in total. The second kappa shape index (κ2) is 22.5. The average Bonchev–Trinajstić information content (AvgIpc) is 2.72. The van der Waals surface area contributed by atoms with Gasteiger partial charge in [-0.3, -0.25) is 4.79 Å². The number of ether oxygens (including phenoxy) is 1. The van der Waals surface area contributed by atoms with Crippen molar-refractivity contribution in [3.05, 3.63) is 72.9 Å². The highest BCUT2D eigenvalue weighted by Gasteiger charge is 2.17. The molecule has 0 aliphatic heterocycles. The van der Waals surface area contributed by atoms with Crippen LogP contribution < -0.4 is 0 Å². The normalized spacial score (nSPS) is 13.9. The lowest BCUT2D eigenvalue weighted by molar-refractivity contribution is -0.142. The van der Waals surface area contributed by atoms with Crippen molar-refractivity contribution in [3.8, 4) is 0 Å². The number of esters is 1. The van der Waals surface area contributed by atoms with E-state index in [0.717, 1.165) is 50.7 Å². The molecular formula is C26H40O2S. The largest absolute Gasteiger partial charge is 0.465 e. The summed E-state index contributed by atoms with van der Waals surface area (Å²) in [7, 11) is 0. The lowest BCUT2D eigenvalue weighted by Crippen LogP contribution is -2.19. The predicted molar refractivity (Wildman–Crippen MR) is 131 cm³/mol. The van der Waals surface area contributed by atoms with Gasteiger partial charge in [-0.05, 0) is 57.6 Å². The first-order valence-corrected chi connectivity index (χ1v) is 12.0. The van der Waals surface area contributed by atoms with Crippen molar-refractivity contribution < 1.29 is 9.53 Å². The van der Waals surface area contributed by atoms with E-state index in [4.69, 9.17) is 4.74 Å². The van der Waals surface area contributed by atoms with Gasteiger partial charge in [0.1, 0.15) is 5.25 Å². The molecule has 0 saturated heterocycles. The van der Waals surface area contributed by atoms with Crippen molar-refractivity contribution in [1.29, 1.82) is 0 Å². The van der Waals surface area contributed by atoms with Gasteiger partial charge in [0.25, 0.3) is 0 Å². The van der Waals surface area contributed by atoms with Gasteiger partial charge in [0.05, 0.1) is 6.61 Å². The Bertz CT molecular complexity index is 553. The molecule has 29 heavy (non-hydrogen) atoms. The van der Waals surface area contributed by atoms with Gasteiger partial charge in [0.15, 0.2) is 0 Å². The van der Waals surface area contributed by atoms with Gasteiger partial charge >= 0.3 is 5.97 Å². The Morgan fingerprint density at radius 2 is 1.10 bits per heavy atom. The Labute approximate surface area is 183 Å². The zero-order chi connectivity index (χ0) is 21.4. The lowest BCUT2D eigenvalue weighted by atomic mass is 10.2. The number of carbonyl (C=O) groups excluding carboxylic acids is 1. The maximum absolute atomic E-state index is 11.8. The van der Waals surface area contributed by atoms with Crippen LogP contribution in [0.5, 0.6) is 0 Å². The number of hydrogen-bond donors (Lipinski definition) is 0. The maximum Gasteiger partial charge on any atom is 0.319 e. The van der Waals surface area contributed by atoms with E-state index >= 15 is 0 Å². The van der Waals surface area contributed by atoms with Crippen molar-refractivity contribution in [2.24, 2.45) is 0 Å². The number of carbonyl (C=O) groups is 1. The van der Waals surface area contributed by atoms with E-state index < -0.39 is 0 Å². The molecule has 0 amide bonds. The van der Waals surface area contributed by atoms with Gasteiger partial charge in [-0.25, -0.2) is 0 Å². The second-order valence-corrected chi connectivity index (χ2v) is 7.83. The number of hydrogen-bond acceptors (Lipinski definition) is 3. The minimum Gasteiger partial charge on any atom is -0.465 e. The third kappa shape index (κ3) is 19.4. The average molecular weight is 417 g/mol. The molecule has 1 unspecified atom stereocenters. The molecule has 0 aromatic rings. The van der Waals surface area contributed by atoms with Crippen molar-refractivity contribution in [1.82, 2.24) is 0 Å². The molecule has 162 valence electrons. The van der Waals surface area contributed by atoms with E-state index in [1.54, 1.807) is 11.8 Å². The second-order valence-electron chi connectivity index (χ2n) is 6.35. The van der Waals surface area contributed by atoms with Crippen LogP contribution in [0.1, 0.15) is 65.7 Å². The molecule has 3 heteroatoms. The van der Waals surface area contributed by atoms with Gasteiger partial charge in [0, 0.05) is 0 Å². The van der Waals surface area contributed by atoms with Crippen LogP contribution in [0.4, 0.5) is 0 Å². The van der Waals surface area contributed by atoms with Crippen molar-refractivity contribution >= 4 is 17.7 Å². The first-order valence-electron chi connectivity index (χ1n) is 10.9. The van der Waals surface area contributed by atoms with E-state index in [0.29, 0.717) is 6.61 Å². The Kier molecular flexibility index (Phi) is 21.2. The fourth-order valence-corrected chi connectivity index (χ4v) is 3.26. The van der Waals surface area contributed by atoms with Gasteiger partial charge in [0.2, 0.25) is 0 Å². The summed E-state index contributed by atoms with van der Waals surface area (Å²) in [6, 6.07) is 0. The van der Waals surface area contributed by atoms with Crippen molar-refractivity contribution in [2.45, 2.75) is 71.0 Å². The predicted octanol–water partition coefficient (Wildman–Crippen LogP) is 7.76. The monoisotopic (exact) mass is 416 g/mol. The highest BCUT2D eigenvalue weighted by Crippen LogP contribution is 2.16. The van der Waals surface area contributed by atoms with Crippen LogP contribution >= 0.6 is 11.8 Å². The van der Waals surface area contributed by atoms with Crippen LogP contribution in [0.25, 0.3) is 0 Å². The topological polar surface area (TPSA) is 26.3 Å². The Balaban J connectivity index is 3.81. The van der Waals surface area contributed by atoms with E-state index in [2.05, 4.69) is 86.8 Å². The van der Waals surface area contributed by atoms with Crippen molar-refractivity contribution in [3.63, 3.8) is 0 Å². The molecule has 0 spiro atoms. The van der Waals surface area contributed by atoms with Crippen LogP contribution in [0.3, 0.4) is 0 Å². The van der Waals surface area contributed by atoms with E-state index in [1.165, 1.54) is 0 Å². The lowest BCUT2D eigenvalue weighted by Gasteiger charge is -2.11. The minimum absolute atomic E-state index is 0.0791. The summed E-state index contributed by atoms with van der Waals surface area (Å²) in [5.41, 5.74) is 0. The summed E-state index contributed by atoms with van der Waals surface area (Å²) in [5.74, 6) is 0.824. The van der Waals surface area contributed by atoms with Gasteiger partial charge in [-0.1, -0.05) is 86.8 Å². The standard InChI is InChI=1S/C26H40O2S/c1-4-7-8-9-10-11-12-13-14-15-16-17-18-19-20-21-22-23-24-25(29-6-3)26(27)28-5-2/h7-8,10-11,13-14,16-17,19-20,22-23,25H,4-6,9,12,15,18,21,24H2,1-3H3/b8-7-,11-10-,14-13-,17-16-,20-19-,23-22-. The van der Waals surface area contributed by atoms with Crippen LogP contribution in [-0.4, -0.2) is 23.6 Å². The molecule has 0 aliphatic carbocycles. The van der Waals surface area contributed by atoms with Crippen LogP contribution in [0.2, 0.25) is 0 Å². The van der Waals surface area contributed by atoms with E-state index in [1.807, 2.05) is 6.92 Å². The summed E-state index contributed by atoms with van der Waals surface area (Å²) in [6.07, 6.45) is 33.0. The third-order valence-electron chi connectivity index (χ3n) is 3.86. The Hall–Kier alpha value is -1.74. The minimum atomic E-state index is -0.0983. The third-order valence-corrected chi connectivity index (χ3v) is 4.98. The zero-order valence-corrected chi connectivity index (χ0v) is 19.4. The molecule has 0 saturated carbocycles. The van der Waals surface area contributed by atoms with Crippen LogP contribution in [-0.2, 0) is 9.53 Å². The van der Waals surface area contributed by atoms with E-state index in [-0.39, 0.29) is 11.2 Å². The van der Waals surface area contributed by atoms with Crippen LogP contribution in [0.15, 0.2) is 72.9 Å². The first-order chi connectivity index (χ1) is 14.3. The number of rotatable bonds is 17. The fourth-order valence-electron chi connectivity index (χ4n) is 2.41. The van der Waals surface area contributed by atoms with Crippen molar-refractivity contribution in [2.75, 3.05) is 12.4 Å². The molecule has 0 fully saturated rings. The van der Waals surface area contributed by atoms with E-state index in [9.17, 15) is 4.79 Å². The number of thioether (sulfide) groups is 1. The molecule has 0 bridgehead atoms. The molecule has 0 N–H and O–H groups in total. The maximum atomic E-state index is 11.8. The van der Waals surface area contributed by atoms with Gasteiger partial charge < -0.3 is 4.74 Å². The highest BCUT2D eigenvalue weighted by molar-refractivity contribution is 8.00. The zero-order valence-electron chi connectivity index (χ0n) is 18.6. The summed E-state index contributed by atoms with van der Waals surface area (Å²) in [6.45, 7) is 6.52. The van der Waals surface area contributed by atoms with Gasteiger partial charge in [-0.2, -0.15) is 0 Å². The van der Waals surface area contributed by atoms with Gasteiger partial charge in [-0.15, -0.1) is 11.8 Å². The Morgan fingerprint density at radius 1 is 0.690 bits per heavy atom. The Morgan fingerprint density at radius 3 is 1.48 bits per heavy atom. The summed E-state index contributed by atoms with van der Waals surface area (Å²) in [4.78, 5) is 11.8. The molecular weight excluding hydrogens is 376 g/mol. The quantitative estimate of drug-likeness (QED) is 0.179. The number of allylic oxidation sites excluding steroid dienone is 12. The molecule has 0 aromatic carbocycles. The fraction of sp³-hybridized carbons (Fsp3) is 0.500. The molecule has 0 aromatic heterocycles. The molecule has 0 rings (SSSR count). The highest BCUT2D eigenvalue weighted by atomic mass is 32.2. The smallest absolute Gasteiger partial charge is 0.319 e. The molecule has 0 aliphatic rings. The SMILES string of the molecule is CC/C=C\C/C=C\C/C=C\C/C=C\C/C=C\C/C=C\CC(SCC)C(=O)OCC. The summed E-state index contributed by atoms with van der Waals surface area (Å²) >= 11 is 1.65. The molecule has 0 heterocycles. The summed E-state index contributed by atoms with van der Waals surface area (Å²) < 4.78 is 5.12.